The first-order valence-electron chi connectivity index (χ1n) is 7.87. The minimum absolute atomic E-state index is 0.0651. The summed E-state index contributed by atoms with van der Waals surface area (Å²) in [6.07, 6.45) is 3.78. The van der Waals surface area contributed by atoms with Gasteiger partial charge in [-0.05, 0) is 31.0 Å². The fraction of sp³-hybridized carbons (Fsp3) is 0.562. The molecule has 0 aliphatic carbocycles. The Balaban J connectivity index is 2.71. The van der Waals surface area contributed by atoms with Crippen LogP contribution >= 0.6 is 11.6 Å². The fourth-order valence-corrected chi connectivity index (χ4v) is 3.38. The summed E-state index contributed by atoms with van der Waals surface area (Å²) >= 11 is 6.07. The summed E-state index contributed by atoms with van der Waals surface area (Å²) < 4.78 is 30.4. The fourth-order valence-electron chi connectivity index (χ4n) is 2.17. The van der Waals surface area contributed by atoms with Crippen molar-refractivity contribution in [3.63, 3.8) is 0 Å². The lowest BCUT2D eigenvalue weighted by molar-refractivity contribution is -0.121. The SMILES string of the molecule is CCCCNC(=O)CCCN(c1ccc(OC)c(Cl)c1)S(C)(=O)=O. The number of rotatable bonds is 10. The van der Waals surface area contributed by atoms with Crippen LogP contribution in [0.3, 0.4) is 0 Å². The number of amides is 1. The van der Waals surface area contributed by atoms with Gasteiger partial charge in [0.1, 0.15) is 5.75 Å². The van der Waals surface area contributed by atoms with E-state index >= 15 is 0 Å². The first-order valence-corrected chi connectivity index (χ1v) is 10.1. The number of nitrogens with one attached hydrogen (secondary N) is 1. The molecule has 0 unspecified atom stereocenters. The summed E-state index contributed by atoms with van der Waals surface area (Å²) in [7, 11) is -1.98. The van der Waals surface area contributed by atoms with Crippen molar-refractivity contribution in [3.8, 4) is 5.75 Å². The molecule has 0 saturated heterocycles. The Hall–Kier alpha value is -1.47. The van der Waals surface area contributed by atoms with Crippen LogP contribution in [0.15, 0.2) is 18.2 Å². The number of carbonyl (C=O) groups excluding carboxylic acids is 1. The van der Waals surface area contributed by atoms with Gasteiger partial charge in [-0.1, -0.05) is 24.9 Å². The van der Waals surface area contributed by atoms with Gasteiger partial charge in [0.2, 0.25) is 15.9 Å². The van der Waals surface area contributed by atoms with Gasteiger partial charge in [0.05, 0.1) is 24.1 Å². The molecule has 1 aromatic carbocycles. The van der Waals surface area contributed by atoms with E-state index in [9.17, 15) is 13.2 Å². The van der Waals surface area contributed by atoms with Crippen LogP contribution in [0.5, 0.6) is 5.75 Å². The molecule has 0 aliphatic rings. The molecule has 1 N–H and O–H groups in total. The van der Waals surface area contributed by atoms with Crippen LogP contribution in [0.4, 0.5) is 5.69 Å². The molecule has 6 nitrogen and oxygen atoms in total. The second-order valence-electron chi connectivity index (χ2n) is 5.46. The van der Waals surface area contributed by atoms with Crippen molar-refractivity contribution >= 4 is 33.2 Å². The van der Waals surface area contributed by atoms with Crippen molar-refractivity contribution in [2.45, 2.75) is 32.6 Å². The van der Waals surface area contributed by atoms with Gasteiger partial charge in [-0.3, -0.25) is 9.10 Å². The number of hydrogen-bond donors (Lipinski definition) is 1. The molecule has 8 heteroatoms. The summed E-state index contributed by atoms with van der Waals surface area (Å²) in [6, 6.07) is 4.79. The quantitative estimate of drug-likeness (QED) is 0.637. The van der Waals surface area contributed by atoms with Gasteiger partial charge in [0, 0.05) is 19.5 Å². The van der Waals surface area contributed by atoms with E-state index in [4.69, 9.17) is 16.3 Å². The van der Waals surface area contributed by atoms with E-state index in [1.54, 1.807) is 18.2 Å². The standard InChI is InChI=1S/C16H25ClN2O4S/c1-4-5-10-18-16(20)7-6-11-19(24(3,21)22)13-8-9-15(23-2)14(17)12-13/h8-9,12H,4-7,10-11H2,1-3H3,(H,18,20). The third-order valence-corrected chi connectivity index (χ3v) is 4.93. The maximum absolute atomic E-state index is 12.0. The molecule has 1 rings (SSSR count). The highest BCUT2D eigenvalue weighted by Crippen LogP contribution is 2.30. The summed E-state index contributed by atoms with van der Waals surface area (Å²) in [5.74, 6) is 0.411. The van der Waals surface area contributed by atoms with Crippen molar-refractivity contribution in [1.82, 2.24) is 5.32 Å². The van der Waals surface area contributed by atoms with E-state index in [1.807, 2.05) is 0 Å². The smallest absolute Gasteiger partial charge is 0.232 e. The Kier molecular flexibility index (Phi) is 8.35. The van der Waals surface area contributed by atoms with E-state index in [0.717, 1.165) is 19.1 Å². The van der Waals surface area contributed by atoms with Crippen molar-refractivity contribution in [3.05, 3.63) is 23.2 Å². The minimum Gasteiger partial charge on any atom is -0.495 e. The molecule has 0 fully saturated rings. The van der Waals surface area contributed by atoms with Gasteiger partial charge in [0.25, 0.3) is 0 Å². The molecular formula is C16H25ClN2O4S. The van der Waals surface area contributed by atoms with Crippen LogP contribution in [0.25, 0.3) is 0 Å². The van der Waals surface area contributed by atoms with E-state index in [1.165, 1.54) is 11.4 Å². The Morgan fingerprint density at radius 3 is 2.58 bits per heavy atom. The molecular weight excluding hydrogens is 352 g/mol. The number of sulfonamides is 1. The van der Waals surface area contributed by atoms with Crippen molar-refractivity contribution in [1.29, 1.82) is 0 Å². The summed E-state index contributed by atoms with van der Waals surface area (Å²) in [6.45, 7) is 2.91. The Labute approximate surface area is 149 Å². The van der Waals surface area contributed by atoms with E-state index in [-0.39, 0.29) is 18.9 Å². The van der Waals surface area contributed by atoms with E-state index in [2.05, 4.69) is 12.2 Å². The van der Waals surface area contributed by atoms with Crippen LogP contribution < -0.4 is 14.4 Å². The molecule has 0 bridgehead atoms. The van der Waals surface area contributed by atoms with Gasteiger partial charge in [-0.25, -0.2) is 8.42 Å². The van der Waals surface area contributed by atoms with Crippen LogP contribution in [0.2, 0.25) is 5.02 Å². The molecule has 1 aromatic rings. The van der Waals surface area contributed by atoms with Crippen LogP contribution in [0, 0.1) is 0 Å². The predicted molar refractivity (Wildman–Crippen MR) is 97.3 cm³/mol. The molecule has 136 valence electrons. The molecule has 0 aliphatic heterocycles. The lowest BCUT2D eigenvalue weighted by Crippen LogP contribution is -2.32. The zero-order valence-electron chi connectivity index (χ0n) is 14.3. The molecule has 0 aromatic heterocycles. The number of unbranched alkanes of at least 4 members (excludes halogenated alkanes) is 1. The first kappa shape index (κ1) is 20.6. The maximum atomic E-state index is 12.0. The van der Waals surface area contributed by atoms with Crippen LogP contribution in [-0.4, -0.2) is 40.8 Å². The number of anilines is 1. The lowest BCUT2D eigenvalue weighted by atomic mass is 10.2. The van der Waals surface area contributed by atoms with Gasteiger partial charge in [0.15, 0.2) is 0 Å². The average molecular weight is 377 g/mol. The largest absolute Gasteiger partial charge is 0.495 e. The molecule has 1 amide bonds. The predicted octanol–water partition coefficient (Wildman–Crippen LogP) is 2.81. The van der Waals surface area contributed by atoms with E-state index < -0.39 is 10.0 Å². The number of halogens is 1. The topological polar surface area (TPSA) is 75.7 Å². The zero-order chi connectivity index (χ0) is 18.2. The normalized spacial score (nSPS) is 11.2. The third kappa shape index (κ3) is 6.57. The molecule has 0 radical (unpaired) electrons. The number of carbonyl (C=O) groups is 1. The molecule has 24 heavy (non-hydrogen) atoms. The van der Waals surface area contributed by atoms with Crippen LogP contribution in [-0.2, 0) is 14.8 Å². The number of benzene rings is 1. The third-order valence-electron chi connectivity index (χ3n) is 3.44. The summed E-state index contributed by atoms with van der Waals surface area (Å²) in [5, 5.41) is 3.15. The molecule has 0 atom stereocenters. The monoisotopic (exact) mass is 376 g/mol. The number of methoxy groups -OCH3 is 1. The summed E-state index contributed by atoms with van der Waals surface area (Å²) in [4.78, 5) is 11.7. The molecule has 0 saturated carbocycles. The van der Waals surface area contributed by atoms with Gasteiger partial charge >= 0.3 is 0 Å². The average Bonchev–Trinajstić information content (AvgIpc) is 2.50. The molecule has 0 heterocycles. The summed E-state index contributed by atoms with van der Waals surface area (Å²) in [5.41, 5.74) is 0.453. The maximum Gasteiger partial charge on any atom is 0.232 e. The highest BCUT2D eigenvalue weighted by atomic mass is 35.5. The Morgan fingerprint density at radius 1 is 1.33 bits per heavy atom. The minimum atomic E-state index is -3.47. The first-order chi connectivity index (χ1) is 11.3. The molecule has 0 spiro atoms. The van der Waals surface area contributed by atoms with Gasteiger partial charge < -0.3 is 10.1 Å². The number of ether oxygens (including phenoxy) is 1. The second kappa shape index (κ2) is 9.74. The lowest BCUT2D eigenvalue weighted by Gasteiger charge is -2.23. The Bertz CT molecular complexity index is 649. The highest BCUT2D eigenvalue weighted by molar-refractivity contribution is 7.92. The Morgan fingerprint density at radius 2 is 2.04 bits per heavy atom. The van der Waals surface area contributed by atoms with E-state index in [0.29, 0.717) is 29.4 Å². The van der Waals surface area contributed by atoms with Crippen molar-refractivity contribution < 1.29 is 17.9 Å². The second-order valence-corrected chi connectivity index (χ2v) is 7.78. The zero-order valence-corrected chi connectivity index (χ0v) is 15.9. The van der Waals surface area contributed by atoms with Gasteiger partial charge in [-0.2, -0.15) is 0 Å². The van der Waals surface area contributed by atoms with Crippen molar-refractivity contribution in [2.75, 3.05) is 30.8 Å². The number of nitrogens with zero attached hydrogens (tertiary/aromatic N) is 1. The van der Waals surface area contributed by atoms with Gasteiger partial charge in [-0.15, -0.1) is 0 Å². The van der Waals surface area contributed by atoms with Crippen molar-refractivity contribution in [2.24, 2.45) is 0 Å². The highest BCUT2D eigenvalue weighted by Gasteiger charge is 2.18. The van der Waals surface area contributed by atoms with Crippen LogP contribution in [0.1, 0.15) is 32.6 Å². The number of hydrogen-bond acceptors (Lipinski definition) is 4.